The van der Waals surface area contributed by atoms with Crippen LogP contribution in [0.4, 0.5) is 13.2 Å². The molecule has 8 heteroatoms. The van der Waals surface area contributed by atoms with Crippen molar-refractivity contribution in [3.05, 3.63) is 17.5 Å². The third-order valence-corrected chi connectivity index (χ3v) is 4.79. The maximum Gasteiger partial charge on any atom is 0.411 e. The van der Waals surface area contributed by atoms with E-state index in [0.29, 0.717) is 5.92 Å². The van der Waals surface area contributed by atoms with E-state index in [1.54, 1.807) is 0 Å². The topological polar surface area (TPSA) is 53.2 Å². The molecule has 0 unspecified atom stereocenters. The Morgan fingerprint density at radius 1 is 1.32 bits per heavy atom. The van der Waals surface area contributed by atoms with Gasteiger partial charge in [0.15, 0.2) is 0 Å². The zero-order chi connectivity index (χ0) is 18.3. The molecule has 1 heterocycles. The van der Waals surface area contributed by atoms with Gasteiger partial charge in [0.05, 0.1) is 5.69 Å². The maximum atomic E-state index is 12.1. The second-order valence-corrected chi connectivity index (χ2v) is 6.99. The molecule has 0 radical (unpaired) electrons. The van der Waals surface area contributed by atoms with Crippen LogP contribution >= 0.6 is 0 Å². The van der Waals surface area contributed by atoms with Crippen LogP contribution in [0, 0.1) is 5.92 Å². The molecule has 0 amide bonds. The number of aromatic nitrogens is 2. The van der Waals surface area contributed by atoms with Gasteiger partial charge in [-0.25, -0.2) is 0 Å². The molecule has 0 bridgehead atoms. The van der Waals surface area contributed by atoms with Crippen LogP contribution in [0.2, 0.25) is 0 Å². The lowest BCUT2D eigenvalue weighted by molar-refractivity contribution is -0.177. The Bertz CT molecular complexity index is 498. The molecule has 1 fully saturated rings. The Morgan fingerprint density at radius 3 is 2.68 bits per heavy atom. The normalized spacial score (nSPS) is 21.8. The molecule has 144 valence electrons. The standard InChI is InChI=1S/C17H29F3N4O/c1-21-7-8-24(2)10-15-9-22-23-16(15)14-5-3-13(4-6-14)11-25-12-17(18,19)20/h9,13-14,21H,3-8,10-12H2,1-2H3,(H,22,23)/t13-,14+. The Kier molecular flexibility index (Phi) is 7.71. The van der Waals surface area contributed by atoms with Crippen LogP contribution in [0.25, 0.3) is 0 Å². The summed E-state index contributed by atoms with van der Waals surface area (Å²) in [6.07, 6.45) is 1.43. The summed E-state index contributed by atoms with van der Waals surface area (Å²) in [4.78, 5) is 2.25. The van der Waals surface area contributed by atoms with Gasteiger partial charge >= 0.3 is 6.18 Å². The highest BCUT2D eigenvalue weighted by Crippen LogP contribution is 2.36. The second kappa shape index (κ2) is 9.54. The molecule has 1 aliphatic rings. The minimum absolute atomic E-state index is 0.201. The summed E-state index contributed by atoms with van der Waals surface area (Å²) >= 11 is 0. The van der Waals surface area contributed by atoms with Crippen LogP contribution < -0.4 is 5.32 Å². The van der Waals surface area contributed by atoms with Crippen molar-refractivity contribution < 1.29 is 17.9 Å². The molecule has 1 aromatic heterocycles. The van der Waals surface area contributed by atoms with Gasteiger partial charge in [-0.1, -0.05) is 0 Å². The molecule has 0 spiro atoms. The van der Waals surface area contributed by atoms with E-state index < -0.39 is 12.8 Å². The number of aromatic amines is 1. The number of halogens is 3. The molecule has 25 heavy (non-hydrogen) atoms. The van der Waals surface area contributed by atoms with Crippen LogP contribution in [0.3, 0.4) is 0 Å². The number of H-pyrrole nitrogens is 1. The summed E-state index contributed by atoms with van der Waals surface area (Å²) < 4.78 is 41.2. The number of nitrogens with one attached hydrogen (secondary N) is 2. The summed E-state index contributed by atoms with van der Waals surface area (Å²) in [5.74, 6) is 0.608. The number of hydrogen-bond donors (Lipinski definition) is 2. The lowest BCUT2D eigenvalue weighted by Gasteiger charge is -2.28. The summed E-state index contributed by atoms with van der Waals surface area (Å²) in [7, 11) is 4.02. The Morgan fingerprint density at radius 2 is 2.04 bits per heavy atom. The van der Waals surface area contributed by atoms with Crippen molar-refractivity contribution in [2.45, 2.75) is 44.3 Å². The molecular weight excluding hydrogens is 333 g/mol. The minimum atomic E-state index is -4.24. The third-order valence-electron chi connectivity index (χ3n) is 4.79. The number of alkyl halides is 3. The van der Waals surface area contributed by atoms with Crippen LogP contribution in [0.1, 0.15) is 42.9 Å². The zero-order valence-electron chi connectivity index (χ0n) is 15.0. The first-order valence-electron chi connectivity index (χ1n) is 8.89. The molecule has 2 rings (SSSR count). The number of rotatable bonds is 9. The van der Waals surface area contributed by atoms with Gasteiger partial charge in [0.25, 0.3) is 0 Å². The third kappa shape index (κ3) is 6.95. The molecular formula is C17H29F3N4O. The van der Waals surface area contributed by atoms with E-state index in [9.17, 15) is 13.2 Å². The fourth-order valence-corrected chi connectivity index (χ4v) is 3.42. The Labute approximate surface area is 147 Å². The van der Waals surface area contributed by atoms with E-state index in [1.807, 2.05) is 13.2 Å². The predicted molar refractivity (Wildman–Crippen MR) is 90.4 cm³/mol. The minimum Gasteiger partial charge on any atom is -0.372 e. The summed E-state index contributed by atoms with van der Waals surface area (Å²) in [6, 6.07) is 0. The van der Waals surface area contributed by atoms with E-state index >= 15 is 0 Å². The molecule has 1 saturated carbocycles. The SMILES string of the molecule is CNCCN(C)Cc1c[nH]nc1[C@H]1CC[C@@H](COCC(F)(F)F)CC1. The number of hydrogen-bond acceptors (Lipinski definition) is 4. The Balaban J connectivity index is 1.78. The first kappa shape index (κ1) is 20.2. The quantitative estimate of drug-likeness (QED) is 0.709. The van der Waals surface area contributed by atoms with Gasteiger partial charge in [-0.2, -0.15) is 18.3 Å². The number of nitrogens with zero attached hydrogens (tertiary/aromatic N) is 2. The van der Waals surface area contributed by atoms with Crippen molar-refractivity contribution in [2.75, 3.05) is 40.4 Å². The molecule has 0 atom stereocenters. The average molecular weight is 362 g/mol. The molecule has 0 saturated heterocycles. The predicted octanol–water partition coefficient (Wildman–Crippen LogP) is 2.91. The number of ether oxygens (including phenoxy) is 1. The van der Waals surface area contributed by atoms with Crippen molar-refractivity contribution in [1.29, 1.82) is 0 Å². The lowest BCUT2D eigenvalue weighted by Crippen LogP contribution is -2.27. The van der Waals surface area contributed by atoms with E-state index in [1.165, 1.54) is 5.56 Å². The first-order valence-corrected chi connectivity index (χ1v) is 8.89. The van der Waals surface area contributed by atoms with Crippen molar-refractivity contribution in [3.8, 4) is 0 Å². The summed E-state index contributed by atoms with van der Waals surface area (Å²) in [5.41, 5.74) is 2.33. The van der Waals surface area contributed by atoms with Crippen LogP contribution in [-0.2, 0) is 11.3 Å². The van der Waals surface area contributed by atoms with E-state index in [-0.39, 0.29) is 12.5 Å². The first-order chi connectivity index (χ1) is 11.9. The van der Waals surface area contributed by atoms with E-state index in [0.717, 1.165) is 51.0 Å². The van der Waals surface area contributed by atoms with E-state index in [4.69, 9.17) is 4.74 Å². The van der Waals surface area contributed by atoms with Gasteiger partial charge in [-0.3, -0.25) is 5.10 Å². The van der Waals surface area contributed by atoms with Gasteiger partial charge in [-0.15, -0.1) is 0 Å². The maximum absolute atomic E-state index is 12.1. The second-order valence-electron chi connectivity index (χ2n) is 6.99. The van der Waals surface area contributed by atoms with Crippen LogP contribution in [0.5, 0.6) is 0 Å². The summed E-state index contributed by atoms with van der Waals surface area (Å²) in [6.45, 7) is 1.81. The van der Waals surface area contributed by atoms with Crippen molar-refractivity contribution in [3.63, 3.8) is 0 Å². The van der Waals surface area contributed by atoms with Crippen molar-refractivity contribution >= 4 is 0 Å². The van der Waals surface area contributed by atoms with Gasteiger partial charge in [0, 0.05) is 43.9 Å². The highest BCUT2D eigenvalue weighted by atomic mass is 19.4. The molecule has 0 aromatic carbocycles. The van der Waals surface area contributed by atoms with Crippen LogP contribution in [-0.4, -0.2) is 61.7 Å². The zero-order valence-corrected chi connectivity index (χ0v) is 15.0. The highest BCUT2D eigenvalue weighted by molar-refractivity contribution is 5.21. The van der Waals surface area contributed by atoms with Gasteiger partial charge in [0.2, 0.25) is 0 Å². The number of likely N-dealkylation sites (N-methyl/N-ethyl adjacent to an activating group) is 2. The largest absolute Gasteiger partial charge is 0.411 e. The lowest BCUT2D eigenvalue weighted by atomic mass is 9.80. The monoisotopic (exact) mass is 362 g/mol. The molecule has 2 N–H and O–H groups in total. The van der Waals surface area contributed by atoms with Crippen LogP contribution in [0.15, 0.2) is 6.20 Å². The average Bonchev–Trinajstić information content (AvgIpc) is 3.00. The van der Waals surface area contributed by atoms with Gasteiger partial charge in [0.1, 0.15) is 6.61 Å². The van der Waals surface area contributed by atoms with Crippen molar-refractivity contribution in [1.82, 2.24) is 20.4 Å². The van der Waals surface area contributed by atoms with Gasteiger partial charge < -0.3 is 15.0 Å². The molecule has 1 aliphatic carbocycles. The smallest absolute Gasteiger partial charge is 0.372 e. The molecule has 0 aliphatic heterocycles. The summed E-state index contributed by atoms with van der Waals surface area (Å²) in [5, 5.41) is 10.6. The molecule has 1 aromatic rings. The highest BCUT2D eigenvalue weighted by Gasteiger charge is 2.30. The van der Waals surface area contributed by atoms with Gasteiger partial charge in [-0.05, 0) is 45.7 Å². The fourth-order valence-electron chi connectivity index (χ4n) is 3.42. The molecule has 5 nitrogen and oxygen atoms in total. The van der Waals surface area contributed by atoms with Crippen molar-refractivity contribution in [2.24, 2.45) is 5.92 Å². The Hall–Kier alpha value is -1.12. The fraction of sp³-hybridized carbons (Fsp3) is 0.824. The van der Waals surface area contributed by atoms with E-state index in [2.05, 4.69) is 27.5 Å².